The molecule has 11 heteroatoms. The second-order valence-corrected chi connectivity index (χ2v) is 9.17. The van der Waals surface area contributed by atoms with Crippen LogP contribution in [-0.2, 0) is 9.53 Å². The summed E-state index contributed by atoms with van der Waals surface area (Å²) in [6.45, 7) is 7.55. The van der Waals surface area contributed by atoms with E-state index in [4.69, 9.17) is 14.2 Å². The van der Waals surface area contributed by atoms with Gasteiger partial charge in [-0.05, 0) is 49.2 Å². The van der Waals surface area contributed by atoms with Crippen LogP contribution in [0.4, 0.5) is 5.69 Å². The summed E-state index contributed by atoms with van der Waals surface area (Å²) in [5.41, 5.74) is 1.20. The molecule has 0 saturated heterocycles. The number of hydrogen-bond acceptors (Lipinski definition) is 9. The average molecular weight is 536 g/mol. The van der Waals surface area contributed by atoms with E-state index in [1.807, 2.05) is 0 Å². The normalized spacial score (nSPS) is 14.9. The zero-order valence-electron chi connectivity index (χ0n) is 21.0. The van der Waals surface area contributed by atoms with Gasteiger partial charge < -0.3 is 14.2 Å². The monoisotopic (exact) mass is 535 g/mol. The average Bonchev–Trinajstić information content (AvgIpc) is 3.21. The highest BCUT2D eigenvalue weighted by atomic mass is 32.1. The number of methoxy groups -OCH3 is 1. The van der Waals surface area contributed by atoms with Crippen LogP contribution in [0.25, 0.3) is 6.08 Å². The minimum absolute atomic E-state index is 0.115. The number of nitro benzene ring substituents is 1. The Bertz CT molecular complexity index is 1620. The SMILES string of the molecule is C=CCOc1ccc([C@H]2C(C(=O)OCC)=C(C)N=c3s/c(=C\c4ccc(OC)c([N+](=O)[O-])c4)c(=O)n32)cc1. The van der Waals surface area contributed by atoms with Gasteiger partial charge in [-0.1, -0.05) is 42.2 Å². The molecule has 1 atom stereocenters. The molecule has 2 heterocycles. The Morgan fingerprint density at radius 1 is 1.26 bits per heavy atom. The second-order valence-electron chi connectivity index (χ2n) is 8.16. The van der Waals surface area contributed by atoms with E-state index in [1.54, 1.807) is 56.3 Å². The van der Waals surface area contributed by atoms with Crippen molar-refractivity contribution in [2.75, 3.05) is 20.3 Å². The number of fused-ring (bicyclic) bond motifs is 1. The van der Waals surface area contributed by atoms with Crippen molar-refractivity contribution in [1.82, 2.24) is 4.57 Å². The number of carbonyl (C=O) groups excluding carboxylic acids is 1. The molecule has 2 aromatic carbocycles. The lowest BCUT2D eigenvalue weighted by molar-refractivity contribution is -0.385. The van der Waals surface area contributed by atoms with Gasteiger partial charge in [-0.15, -0.1) is 0 Å². The van der Waals surface area contributed by atoms with Crippen LogP contribution < -0.4 is 24.4 Å². The maximum Gasteiger partial charge on any atom is 0.338 e. The number of ether oxygens (including phenoxy) is 3. The molecule has 3 aromatic rings. The number of rotatable bonds is 9. The van der Waals surface area contributed by atoms with E-state index in [-0.39, 0.29) is 23.6 Å². The van der Waals surface area contributed by atoms with Crippen LogP contribution in [0.5, 0.6) is 11.5 Å². The van der Waals surface area contributed by atoms with Crippen molar-refractivity contribution in [3.8, 4) is 11.5 Å². The lowest BCUT2D eigenvalue weighted by atomic mass is 9.96. The molecule has 0 aliphatic carbocycles. The quantitative estimate of drug-likeness (QED) is 0.178. The lowest BCUT2D eigenvalue weighted by Crippen LogP contribution is -2.39. The molecule has 0 N–H and O–H groups in total. The number of hydrogen-bond donors (Lipinski definition) is 0. The molecule has 0 unspecified atom stereocenters. The number of nitrogens with zero attached hydrogens (tertiary/aromatic N) is 3. The molecule has 4 rings (SSSR count). The van der Waals surface area contributed by atoms with Crippen LogP contribution in [0.15, 0.2) is 76.2 Å². The van der Waals surface area contributed by atoms with Crippen molar-refractivity contribution in [2.45, 2.75) is 19.9 Å². The molecular formula is C27H25N3O7S. The van der Waals surface area contributed by atoms with Crippen LogP contribution in [0.2, 0.25) is 0 Å². The van der Waals surface area contributed by atoms with E-state index in [0.29, 0.717) is 38.5 Å². The van der Waals surface area contributed by atoms with Gasteiger partial charge in [0.25, 0.3) is 5.56 Å². The van der Waals surface area contributed by atoms with E-state index in [9.17, 15) is 19.7 Å². The molecule has 196 valence electrons. The number of carbonyl (C=O) groups is 1. The Morgan fingerprint density at radius 3 is 2.63 bits per heavy atom. The van der Waals surface area contributed by atoms with E-state index >= 15 is 0 Å². The van der Waals surface area contributed by atoms with Crippen LogP contribution in [-0.4, -0.2) is 35.8 Å². The van der Waals surface area contributed by atoms with Crippen molar-refractivity contribution in [2.24, 2.45) is 4.99 Å². The van der Waals surface area contributed by atoms with E-state index < -0.39 is 22.5 Å². The third-order valence-electron chi connectivity index (χ3n) is 5.78. The van der Waals surface area contributed by atoms with E-state index in [1.165, 1.54) is 23.8 Å². The molecule has 0 radical (unpaired) electrons. The molecular weight excluding hydrogens is 510 g/mol. The summed E-state index contributed by atoms with van der Waals surface area (Å²) in [5, 5.41) is 11.5. The van der Waals surface area contributed by atoms with Gasteiger partial charge in [-0.25, -0.2) is 9.79 Å². The van der Waals surface area contributed by atoms with Gasteiger partial charge in [0.2, 0.25) is 0 Å². The van der Waals surface area contributed by atoms with Crippen molar-refractivity contribution < 1.29 is 23.9 Å². The van der Waals surface area contributed by atoms with E-state index in [2.05, 4.69) is 11.6 Å². The summed E-state index contributed by atoms with van der Waals surface area (Å²) in [7, 11) is 1.35. The molecule has 1 aromatic heterocycles. The summed E-state index contributed by atoms with van der Waals surface area (Å²) in [6.07, 6.45) is 3.19. The Kier molecular flexibility index (Phi) is 7.87. The maximum atomic E-state index is 13.7. The summed E-state index contributed by atoms with van der Waals surface area (Å²) in [4.78, 5) is 42.5. The Labute approximate surface area is 221 Å². The molecule has 38 heavy (non-hydrogen) atoms. The maximum absolute atomic E-state index is 13.7. The van der Waals surface area contributed by atoms with Gasteiger partial charge in [0, 0.05) is 6.07 Å². The molecule has 0 fully saturated rings. The number of benzene rings is 2. The van der Waals surface area contributed by atoms with Crippen molar-refractivity contribution in [3.63, 3.8) is 0 Å². The Morgan fingerprint density at radius 2 is 2.00 bits per heavy atom. The largest absolute Gasteiger partial charge is 0.490 e. The first kappa shape index (κ1) is 26.6. The highest BCUT2D eigenvalue weighted by Gasteiger charge is 2.33. The molecule has 10 nitrogen and oxygen atoms in total. The summed E-state index contributed by atoms with van der Waals surface area (Å²) in [5.74, 6) is 0.162. The topological polar surface area (TPSA) is 122 Å². The first-order valence-corrected chi connectivity index (χ1v) is 12.5. The van der Waals surface area contributed by atoms with Crippen molar-refractivity contribution >= 4 is 29.1 Å². The lowest BCUT2D eigenvalue weighted by Gasteiger charge is -2.24. The molecule has 0 amide bonds. The van der Waals surface area contributed by atoms with Gasteiger partial charge in [-0.2, -0.15) is 0 Å². The van der Waals surface area contributed by atoms with Crippen LogP contribution in [0.3, 0.4) is 0 Å². The van der Waals surface area contributed by atoms with E-state index in [0.717, 1.165) is 11.3 Å². The number of thiazole rings is 1. The second kappa shape index (κ2) is 11.3. The third-order valence-corrected chi connectivity index (χ3v) is 6.76. The predicted molar refractivity (Wildman–Crippen MR) is 142 cm³/mol. The minimum atomic E-state index is -0.786. The zero-order chi connectivity index (χ0) is 27.4. The van der Waals surface area contributed by atoms with Crippen molar-refractivity contribution in [3.05, 3.63) is 107 Å². The molecule has 0 bridgehead atoms. The number of allylic oxidation sites excluding steroid dienone is 1. The summed E-state index contributed by atoms with van der Waals surface area (Å²) >= 11 is 1.13. The first-order chi connectivity index (χ1) is 18.3. The van der Waals surface area contributed by atoms with Gasteiger partial charge in [0.15, 0.2) is 10.6 Å². The fourth-order valence-corrected chi connectivity index (χ4v) is 5.15. The predicted octanol–water partition coefficient (Wildman–Crippen LogP) is 3.28. The number of esters is 1. The number of nitro groups is 1. The van der Waals surface area contributed by atoms with Crippen LogP contribution in [0.1, 0.15) is 31.0 Å². The van der Waals surface area contributed by atoms with Gasteiger partial charge in [-0.3, -0.25) is 19.5 Å². The van der Waals surface area contributed by atoms with Gasteiger partial charge in [0.1, 0.15) is 12.4 Å². The van der Waals surface area contributed by atoms with Gasteiger partial charge >= 0.3 is 11.7 Å². The fourth-order valence-electron chi connectivity index (χ4n) is 4.10. The van der Waals surface area contributed by atoms with Crippen LogP contribution in [0, 0.1) is 10.1 Å². The molecule has 1 aliphatic rings. The smallest absolute Gasteiger partial charge is 0.338 e. The molecule has 1 aliphatic heterocycles. The fraction of sp³-hybridized carbons (Fsp3) is 0.222. The highest BCUT2D eigenvalue weighted by molar-refractivity contribution is 7.07. The summed E-state index contributed by atoms with van der Waals surface area (Å²) < 4.78 is 17.7. The van der Waals surface area contributed by atoms with Crippen molar-refractivity contribution in [1.29, 1.82) is 0 Å². The summed E-state index contributed by atoms with van der Waals surface area (Å²) in [6, 6.07) is 10.7. The zero-order valence-corrected chi connectivity index (χ0v) is 21.8. The minimum Gasteiger partial charge on any atom is -0.490 e. The van der Waals surface area contributed by atoms with Crippen LogP contribution >= 0.6 is 11.3 Å². The molecule has 0 saturated carbocycles. The Hall–Kier alpha value is -4.51. The third kappa shape index (κ3) is 5.14. The Balaban J connectivity index is 1.88. The standard InChI is InChI=1S/C27H25N3O7S/c1-5-13-37-19-10-8-18(9-11-19)24-23(26(32)36-6-2)16(3)28-27-29(24)25(31)22(38-27)15-17-7-12-21(35-4)20(14-17)30(33)34/h5,7-12,14-15,24H,1,6,13H2,2-4H3/b22-15-/t24-/m0/s1. The highest BCUT2D eigenvalue weighted by Crippen LogP contribution is 2.32. The molecule has 0 spiro atoms. The van der Waals surface area contributed by atoms with Gasteiger partial charge in [0.05, 0.1) is 40.5 Å². The number of aromatic nitrogens is 1. The first-order valence-electron chi connectivity index (χ1n) is 11.6.